The molecule has 0 fully saturated rings. The van der Waals surface area contributed by atoms with Crippen molar-refractivity contribution < 1.29 is 0 Å². The first-order chi connectivity index (χ1) is 9.24. The summed E-state index contributed by atoms with van der Waals surface area (Å²) in [7, 11) is 0. The molecule has 2 rings (SSSR count). The van der Waals surface area contributed by atoms with Gasteiger partial charge < -0.3 is 0 Å². The minimum absolute atomic E-state index is 0. The molecule has 0 unspecified atom stereocenters. The molecule has 2 nitrogen and oxygen atoms in total. The molecule has 20 heavy (non-hydrogen) atoms. The maximum absolute atomic E-state index is 5.80. The van der Waals surface area contributed by atoms with Gasteiger partial charge in [-0.2, -0.15) is 5.10 Å². The van der Waals surface area contributed by atoms with Gasteiger partial charge in [-0.1, -0.05) is 41.9 Å². The predicted octanol–water partition coefficient (Wildman–Crippen LogP) is 5.60. The molecule has 0 saturated heterocycles. The van der Waals surface area contributed by atoms with Crippen LogP contribution in [0.1, 0.15) is 5.56 Å². The van der Waals surface area contributed by atoms with E-state index in [2.05, 4.69) is 26.5 Å². The molecule has 1 N–H and O–H groups in total. The molecule has 0 amide bonds. The normalized spacial score (nSPS) is 11.2. The molecule has 0 radical (unpaired) electrons. The smallest absolute Gasteiger partial charge is 0.0614 e. The number of nitrogens with zero attached hydrogens (tertiary/aromatic N) is 1. The second kappa shape index (κ2) is 8.80. The van der Waals surface area contributed by atoms with E-state index in [1.807, 2.05) is 60.7 Å². The standard InChI is InChI=1S/C15H12BrClN2.ClH/c16-13(10-12-4-2-1-3-5-12)11-18-19-15-8-6-14(17)7-9-15;/h1-11,19H;1H/b13-10-,18-11+;. The summed E-state index contributed by atoms with van der Waals surface area (Å²) in [6, 6.07) is 17.4. The second-order valence-electron chi connectivity index (χ2n) is 3.82. The zero-order chi connectivity index (χ0) is 13.5. The van der Waals surface area contributed by atoms with E-state index < -0.39 is 0 Å². The van der Waals surface area contributed by atoms with Gasteiger partial charge >= 0.3 is 0 Å². The van der Waals surface area contributed by atoms with Crippen molar-refractivity contribution >= 4 is 57.9 Å². The lowest BCUT2D eigenvalue weighted by Crippen LogP contribution is -1.88. The van der Waals surface area contributed by atoms with E-state index in [9.17, 15) is 0 Å². The number of hydrogen-bond acceptors (Lipinski definition) is 2. The lowest BCUT2D eigenvalue weighted by molar-refractivity contribution is 1.35. The Kier molecular flexibility index (Phi) is 7.37. The number of nitrogens with one attached hydrogen (secondary N) is 1. The average molecular weight is 372 g/mol. The number of hydrogen-bond donors (Lipinski definition) is 1. The first kappa shape index (κ1) is 16.8. The fourth-order valence-corrected chi connectivity index (χ4v) is 1.93. The van der Waals surface area contributed by atoms with Crippen molar-refractivity contribution in [3.05, 3.63) is 69.7 Å². The van der Waals surface area contributed by atoms with E-state index in [1.54, 1.807) is 6.21 Å². The van der Waals surface area contributed by atoms with Crippen LogP contribution in [0.4, 0.5) is 5.69 Å². The second-order valence-corrected chi connectivity index (χ2v) is 5.17. The zero-order valence-corrected chi connectivity index (χ0v) is 13.6. The Hall–Kier alpha value is -1.29. The number of hydrazone groups is 1. The van der Waals surface area contributed by atoms with Crippen LogP contribution in [0.5, 0.6) is 0 Å². The largest absolute Gasteiger partial charge is 0.278 e. The van der Waals surface area contributed by atoms with Crippen LogP contribution in [0.25, 0.3) is 6.08 Å². The van der Waals surface area contributed by atoms with Gasteiger partial charge in [-0.15, -0.1) is 12.4 Å². The molecular weight excluding hydrogens is 359 g/mol. The minimum Gasteiger partial charge on any atom is -0.278 e. The third-order valence-corrected chi connectivity index (χ3v) is 3.02. The molecule has 0 aliphatic heterocycles. The van der Waals surface area contributed by atoms with Crippen LogP contribution in [0.2, 0.25) is 5.02 Å². The molecule has 2 aromatic rings. The maximum atomic E-state index is 5.80. The van der Waals surface area contributed by atoms with Crippen molar-refractivity contribution in [2.45, 2.75) is 0 Å². The van der Waals surface area contributed by atoms with Crippen molar-refractivity contribution in [2.24, 2.45) is 5.10 Å². The van der Waals surface area contributed by atoms with Crippen LogP contribution in [0, 0.1) is 0 Å². The molecule has 0 aliphatic carbocycles. The number of benzene rings is 2. The summed E-state index contributed by atoms with van der Waals surface area (Å²) in [6.45, 7) is 0. The monoisotopic (exact) mass is 370 g/mol. The van der Waals surface area contributed by atoms with Gasteiger partial charge in [0.1, 0.15) is 0 Å². The molecular formula is C15H13BrCl2N2. The summed E-state index contributed by atoms with van der Waals surface area (Å²) in [5, 5.41) is 4.84. The minimum atomic E-state index is 0. The summed E-state index contributed by atoms with van der Waals surface area (Å²) in [5.74, 6) is 0. The van der Waals surface area contributed by atoms with Crippen LogP contribution in [0.3, 0.4) is 0 Å². The Morgan fingerprint density at radius 2 is 1.70 bits per heavy atom. The van der Waals surface area contributed by atoms with Gasteiger partial charge in [-0.05, 0) is 51.8 Å². The quantitative estimate of drug-likeness (QED) is 0.549. The lowest BCUT2D eigenvalue weighted by Gasteiger charge is -1.99. The maximum Gasteiger partial charge on any atom is 0.0614 e. The number of rotatable bonds is 4. The highest BCUT2D eigenvalue weighted by atomic mass is 79.9. The average Bonchev–Trinajstić information content (AvgIpc) is 2.42. The highest BCUT2D eigenvalue weighted by molar-refractivity contribution is 9.12. The molecule has 5 heteroatoms. The number of allylic oxidation sites excluding steroid dienone is 1. The Bertz CT molecular complexity index is 581. The molecule has 0 saturated carbocycles. The molecule has 0 atom stereocenters. The molecule has 0 bridgehead atoms. The van der Waals surface area contributed by atoms with Crippen LogP contribution >= 0.6 is 39.9 Å². The molecule has 0 heterocycles. The van der Waals surface area contributed by atoms with Crippen LogP contribution < -0.4 is 5.43 Å². The lowest BCUT2D eigenvalue weighted by atomic mass is 10.2. The van der Waals surface area contributed by atoms with Crippen molar-refractivity contribution in [3.63, 3.8) is 0 Å². The van der Waals surface area contributed by atoms with Crippen molar-refractivity contribution in [1.82, 2.24) is 0 Å². The summed E-state index contributed by atoms with van der Waals surface area (Å²) in [5.41, 5.74) is 4.94. The van der Waals surface area contributed by atoms with E-state index in [1.165, 1.54) is 0 Å². The zero-order valence-electron chi connectivity index (χ0n) is 10.5. The van der Waals surface area contributed by atoms with Crippen molar-refractivity contribution in [2.75, 3.05) is 5.43 Å². The summed E-state index contributed by atoms with van der Waals surface area (Å²) in [4.78, 5) is 0. The summed E-state index contributed by atoms with van der Waals surface area (Å²) in [6.07, 6.45) is 3.70. The Morgan fingerprint density at radius 1 is 1.05 bits per heavy atom. The van der Waals surface area contributed by atoms with Gasteiger partial charge in [0.05, 0.1) is 11.9 Å². The van der Waals surface area contributed by atoms with Gasteiger partial charge in [0.25, 0.3) is 0 Å². The SMILES string of the molecule is Cl.Clc1ccc(N/N=C/C(Br)=C/c2ccccc2)cc1. The summed E-state index contributed by atoms with van der Waals surface area (Å²) < 4.78 is 0.889. The van der Waals surface area contributed by atoms with Gasteiger partial charge in [-0.25, -0.2) is 0 Å². The van der Waals surface area contributed by atoms with E-state index in [0.717, 1.165) is 15.7 Å². The fraction of sp³-hybridized carbons (Fsp3) is 0. The van der Waals surface area contributed by atoms with Crippen molar-refractivity contribution in [3.8, 4) is 0 Å². The number of anilines is 1. The Balaban J connectivity index is 0.00000200. The third-order valence-electron chi connectivity index (χ3n) is 2.33. The Morgan fingerprint density at radius 3 is 2.35 bits per heavy atom. The molecule has 0 spiro atoms. The van der Waals surface area contributed by atoms with Gasteiger partial charge in [-0.3, -0.25) is 5.43 Å². The highest BCUT2D eigenvalue weighted by Crippen LogP contribution is 2.14. The van der Waals surface area contributed by atoms with Crippen LogP contribution in [-0.2, 0) is 0 Å². The third kappa shape index (κ3) is 5.78. The topological polar surface area (TPSA) is 24.4 Å². The molecule has 0 aliphatic rings. The van der Waals surface area contributed by atoms with Crippen molar-refractivity contribution in [1.29, 1.82) is 0 Å². The van der Waals surface area contributed by atoms with E-state index >= 15 is 0 Å². The predicted molar refractivity (Wildman–Crippen MR) is 94.2 cm³/mol. The van der Waals surface area contributed by atoms with Gasteiger partial charge in [0.2, 0.25) is 0 Å². The molecule has 2 aromatic carbocycles. The van der Waals surface area contributed by atoms with E-state index in [-0.39, 0.29) is 12.4 Å². The van der Waals surface area contributed by atoms with Crippen LogP contribution in [-0.4, -0.2) is 6.21 Å². The fourth-order valence-electron chi connectivity index (χ4n) is 1.44. The molecule has 104 valence electrons. The van der Waals surface area contributed by atoms with Gasteiger partial charge in [0.15, 0.2) is 0 Å². The first-order valence-electron chi connectivity index (χ1n) is 5.71. The summed E-state index contributed by atoms with van der Waals surface area (Å²) >= 11 is 9.25. The van der Waals surface area contributed by atoms with Gasteiger partial charge in [0, 0.05) is 9.51 Å². The Labute approximate surface area is 138 Å². The van der Waals surface area contributed by atoms with Crippen LogP contribution in [0.15, 0.2) is 64.2 Å². The highest BCUT2D eigenvalue weighted by Gasteiger charge is 1.91. The van der Waals surface area contributed by atoms with E-state index in [4.69, 9.17) is 11.6 Å². The first-order valence-corrected chi connectivity index (χ1v) is 6.88. The molecule has 0 aromatic heterocycles. The van der Waals surface area contributed by atoms with E-state index in [0.29, 0.717) is 5.02 Å². The number of halogens is 3.